The number of likely N-dealkylation sites (tertiary alicyclic amines) is 1. The monoisotopic (exact) mass is 254 g/mol. The molecule has 2 heterocycles. The molecule has 1 aromatic rings. The van der Waals surface area contributed by atoms with Gasteiger partial charge in [-0.25, -0.2) is 4.98 Å². The fraction of sp³-hybridized carbons (Fsp3) is 0.636. The van der Waals surface area contributed by atoms with E-state index < -0.39 is 0 Å². The van der Waals surface area contributed by atoms with E-state index in [1.165, 1.54) is 11.3 Å². The predicted molar refractivity (Wildman–Crippen MR) is 69.1 cm³/mol. The summed E-state index contributed by atoms with van der Waals surface area (Å²) in [5.41, 5.74) is 6.85. The number of rotatable bonds is 3. The van der Waals surface area contributed by atoms with Gasteiger partial charge in [0.1, 0.15) is 0 Å². The summed E-state index contributed by atoms with van der Waals surface area (Å²) in [6.45, 7) is 6.12. The van der Waals surface area contributed by atoms with E-state index in [0.29, 0.717) is 17.6 Å². The first kappa shape index (κ1) is 12.5. The zero-order chi connectivity index (χ0) is 12.4. The molecule has 0 aliphatic carbocycles. The average molecular weight is 254 g/mol. The van der Waals surface area contributed by atoms with Crippen molar-refractivity contribution in [2.45, 2.75) is 19.9 Å². The second-order valence-electron chi connectivity index (χ2n) is 4.68. The van der Waals surface area contributed by atoms with Crippen molar-refractivity contribution in [3.8, 4) is 0 Å². The molecule has 6 heteroatoms. The van der Waals surface area contributed by atoms with Gasteiger partial charge in [0.15, 0.2) is 5.13 Å². The summed E-state index contributed by atoms with van der Waals surface area (Å²) in [5, 5.41) is 5.40. The fourth-order valence-corrected chi connectivity index (χ4v) is 2.70. The summed E-state index contributed by atoms with van der Waals surface area (Å²) in [6.07, 6.45) is 0. The van der Waals surface area contributed by atoms with Crippen molar-refractivity contribution in [3.05, 3.63) is 11.1 Å². The van der Waals surface area contributed by atoms with E-state index in [9.17, 15) is 4.79 Å². The summed E-state index contributed by atoms with van der Waals surface area (Å²) in [6, 6.07) is 0.185. The van der Waals surface area contributed by atoms with Crippen LogP contribution in [0, 0.1) is 12.8 Å². The molecule has 5 nitrogen and oxygen atoms in total. The normalized spacial score (nSPS) is 25.1. The molecule has 1 aliphatic heterocycles. The van der Waals surface area contributed by atoms with Gasteiger partial charge < -0.3 is 11.1 Å². The predicted octanol–water partition coefficient (Wildman–Crippen LogP) is 0.669. The Labute approximate surface area is 105 Å². The maximum atomic E-state index is 11.8. The van der Waals surface area contributed by atoms with Gasteiger partial charge in [0.25, 0.3) is 0 Å². The second-order valence-corrected chi connectivity index (χ2v) is 5.54. The lowest BCUT2D eigenvalue weighted by molar-refractivity contribution is -0.117. The van der Waals surface area contributed by atoms with Crippen LogP contribution in [0.15, 0.2) is 5.38 Å². The van der Waals surface area contributed by atoms with Gasteiger partial charge in [0.2, 0.25) is 5.91 Å². The van der Waals surface area contributed by atoms with Crippen molar-refractivity contribution in [2.24, 2.45) is 11.7 Å². The van der Waals surface area contributed by atoms with Crippen LogP contribution >= 0.6 is 11.3 Å². The van der Waals surface area contributed by atoms with Gasteiger partial charge >= 0.3 is 0 Å². The molecule has 94 valence electrons. The molecule has 0 aromatic carbocycles. The largest absolute Gasteiger partial charge is 0.326 e. The van der Waals surface area contributed by atoms with E-state index in [0.717, 1.165) is 18.8 Å². The highest BCUT2D eigenvalue weighted by Gasteiger charge is 2.27. The Hall–Kier alpha value is -0.980. The molecule has 0 saturated carbocycles. The van der Waals surface area contributed by atoms with Crippen LogP contribution < -0.4 is 11.1 Å². The second kappa shape index (κ2) is 5.12. The summed E-state index contributed by atoms with van der Waals surface area (Å²) in [4.78, 5) is 18.1. The van der Waals surface area contributed by atoms with Gasteiger partial charge in [-0.1, -0.05) is 6.92 Å². The van der Waals surface area contributed by atoms with Crippen molar-refractivity contribution in [1.82, 2.24) is 9.88 Å². The minimum atomic E-state index is -0.0133. The Morgan fingerprint density at radius 3 is 3.00 bits per heavy atom. The number of nitrogens with two attached hydrogens (primary N) is 1. The van der Waals surface area contributed by atoms with Crippen LogP contribution in [0.4, 0.5) is 5.13 Å². The molecule has 2 atom stereocenters. The molecule has 1 aliphatic rings. The molecule has 1 amide bonds. The number of hydrogen-bond donors (Lipinski definition) is 2. The molecule has 0 bridgehead atoms. The maximum Gasteiger partial charge on any atom is 0.240 e. The van der Waals surface area contributed by atoms with E-state index in [-0.39, 0.29) is 11.9 Å². The first-order chi connectivity index (χ1) is 8.04. The number of anilines is 1. The highest BCUT2D eigenvalue weighted by Crippen LogP contribution is 2.16. The zero-order valence-corrected chi connectivity index (χ0v) is 11.0. The van der Waals surface area contributed by atoms with E-state index in [1.807, 2.05) is 12.3 Å². The number of aryl methyl sites for hydroxylation is 1. The Morgan fingerprint density at radius 1 is 1.71 bits per heavy atom. The molecule has 2 rings (SSSR count). The van der Waals surface area contributed by atoms with Gasteiger partial charge in [-0.3, -0.25) is 9.69 Å². The van der Waals surface area contributed by atoms with Crippen molar-refractivity contribution in [1.29, 1.82) is 0 Å². The third-order valence-corrected chi connectivity index (χ3v) is 3.85. The topological polar surface area (TPSA) is 71.2 Å². The SMILES string of the molecule is Cc1csc(NC(=O)CN2CC(C)C(N)C2)n1. The van der Waals surface area contributed by atoms with Crippen LogP contribution in [0.25, 0.3) is 0 Å². The lowest BCUT2D eigenvalue weighted by atomic mass is 10.1. The molecule has 1 aromatic heterocycles. The molecular formula is C11H18N4OS. The average Bonchev–Trinajstić information content (AvgIpc) is 2.75. The molecule has 0 spiro atoms. The highest BCUT2D eigenvalue weighted by atomic mass is 32.1. The standard InChI is InChI=1S/C11H18N4OS/c1-7-3-15(4-9(7)12)5-10(16)14-11-13-8(2)6-17-11/h6-7,9H,3-5,12H2,1-2H3,(H,13,14,16). The van der Waals surface area contributed by atoms with E-state index in [4.69, 9.17) is 5.73 Å². The highest BCUT2D eigenvalue weighted by molar-refractivity contribution is 7.13. The minimum Gasteiger partial charge on any atom is -0.326 e. The first-order valence-corrected chi connectivity index (χ1v) is 6.62. The molecule has 2 unspecified atom stereocenters. The quantitative estimate of drug-likeness (QED) is 0.831. The van der Waals surface area contributed by atoms with Crippen molar-refractivity contribution in [2.75, 3.05) is 25.0 Å². The minimum absolute atomic E-state index is 0.0133. The number of amides is 1. The van der Waals surface area contributed by atoms with Crippen LogP contribution in [0.5, 0.6) is 0 Å². The third kappa shape index (κ3) is 3.24. The number of thiazole rings is 1. The Bertz CT molecular complexity index is 396. The molecule has 17 heavy (non-hydrogen) atoms. The molecule has 1 saturated heterocycles. The van der Waals surface area contributed by atoms with Crippen LogP contribution in [-0.2, 0) is 4.79 Å². The summed E-state index contributed by atoms with van der Waals surface area (Å²) >= 11 is 1.45. The number of carbonyl (C=O) groups excluding carboxylic acids is 1. The van der Waals surface area contributed by atoms with Gasteiger partial charge in [0, 0.05) is 24.5 Å². The van der Waals surface area contributed by atoms with Crippen LogP contribution in [0.3, 0.4) is 0 Å². The number of carbonyl (C=O) groups is 1. The fourth-order valence-electron chi connectivity index (χ4n) is 2.00. The molecule has 3 N–H and O–H groups in total. The van der Waals surface area contributed by atoms with E-state index in [2.05, 4.69) is 22.1 Å². The smallest absolute Gasteiger partial charge is 0.240 e. The third-order valence-electron chi connectivity index (χ3n) is 2.98. The summed E-state index contributed by atoms with van der Waals surface area (Å²) in [7, 11) is 0. The van der Waals surface area contributed by atoms with Crippen LogP contribution in [-0.4, -0.2) is 41.5 Å². The maximum absolute atomic E-state index is 11.8. The number of nitrogens with zero attached hydrogens (tertiary/aromatic N) is 2. The summed E-state index contributed by atoms with van der Waals surface area (Å²) in [5.74, 6) is 0.450. The first-order valence-electron chi connectivity index (χ1n) is 5.74. The molecule has 0 radical (unpaired) electrons. The lowest BCUT2D eigenvalue weighted by Gasteiger charge is -2.13. The molecule has 1 fully saturated rings. The van der Waals surface area contributed by atoms with Gasteiger partial charge in [-0.15, -0.1) is 11.3 Å². The van der Waals surface area contributed by atoms with Crippen LogP contribution in [0.2, 0.25) is 0 Å². The van der Waals surface area contributed by atoms with E-state index in [1.54, 1.807) is 0 Å². The van der Waals surface area contributed by atoms with Crippen molar-refractivity contribution >= 4 is 22.4 Å². The zero-order valence-electron chi connectivity index (χ0n) is 10.1. The number of aromatic nitrogens is 1. The molecular weight excluding hydrogens is 236 g/mol. The van der Waals surface area contributed by atoms with E-state index >= 15 is 0 Å². The Kier molecular flexibility index (Phi) is 3.76. The van der Waals surface area contributed by atoms with Gasteiger partial charge in [-0.05, 0) is 12.8 Å². The van der Waals surface area contributed by atoms with Gasteiger partial charge in [0.05, 0.1) is 12.2 Å². The lowest BCUT2D eigenvalue weighted by Crippen LogP contribution is -2.33. The van der Waals surface area contributed by atoms with Crippen molar-refractivity contribution in [3.63, 3.8) is 0 Å². The van der Waals surface area contributed by atoms with Crippen molar-refractivity contribution < 1.29 is 4.79 Å². The number of nitrogens with one attached hydrogen (secondary N) is 1. The van der Waals surface area contributed by atoms with Gasteiger partial charge in [-0.2, -0.15) is 0 Å². The Morgan fingerprint density at radius 2 is 2.47 bits per heavy atom. The summed E-state index contributed by atoms with van der Waals surface area (Å²) < 4.78 is 0. The number of hydrogen-bond acceptors (Lipinski definition) is 5. The van der Waals surface area contributed by atoms with Crippen LogP contribution in [0.1, 0.15) is 12.6 Å². The Balaban J connectivity index is 1.82.